The van der Waals surface area contributed by atoms with Gasteiger partial charge in [-0.25, -0.2) is 0 Å². The Balaban J connectivity index is 0.000000364. The van der Waals surface area contributed by atoms with Crippen molar-refractivity contribution < 1.29 is 4.79 Å². The van der Waals surface area contributed by atoms with E-state index in [-0.39, 0.29) is 0 Å². The van der Waals surface area contributed by atoms with Crippen molar-refractivity contribution in [1.29, 1.82) is 5.26 Å². The molecule has 0 bridgehead atoms. The highest BCUT2D eigenvalue weighted by Gasteiger charge is 2.02. The number of hydrogen-bond acceptors (Lipinski definition) is 3. The van der Waals surface area contributed by atoms with Crippen LogP contribution in [0.3, 0.4) is 0 Å². The van der Waals surface area contributed by atoms with Gasteiger partial charge in [-0.1, -0.05) is 0 Å². The lowest BCUT2D eigenvalue weighted by Crippen LogP contribution is -1.84. The zero-order chi connectivity index (χ0) is 11.0. The summed E-state index contributed by atoms with van der Waals surface area (Å²) in [7, 11) is 1.62. The molecule has 0 saturated carbocycles. The highest BCUT2D eigenvalue weighted by Crippen LogP contribution is 2.14. The van der Waals surface area contributed by atoms with Crippen LogP contribution in [0.5, 0.6) is 0 Å². The summed E-state index contributed by atoms with van der Waals surface area (Å²) in [6.45, 7) is 0. The summed E-state index contributed by atoms with van der Waals surface area (Å²) < 4.78 is 0.553. The quantitative estimate of drug-likeness (QED) is 0.447. The predicted molar refractivity (Wildman–Crippen MR) is 57.2 cm³/mol. The van der Waals surface area contributed by atoms with Gasteiger partial charge in [-0.05, 0) is 22.0 Å². The molecule has 3 N–H and O–H groups in total. The van der Waals surface area contributed by atoms with Crippen LogP contribution in [0, 0.1) is 11.3 Å². The molecule has 0 amide bonds. The van der Waals surface area contributed by atoms with Gasteiger partial charge in [0.1, 0.15) is 10.7 Å². The molecule has 14 heavy (non-hydrogen) atoms. The number of rotatable bonds is 1. The van der Waals surface area contributed by atoms with Crippen LogP contribution in [0.1, 0.15) is 16.1 Å². The molecule has 0 saturated heterocycles. The van der Waals surface area contributed by atoms with E-state index in [4.69, 9.17) is 11.0 Å². The largest absolute Gasteiger partial charge is 0.390 e. The molecular weight excluding hydrogens is 248 g/mol. The van der Waals surface area contributed by atoms with Gasteiger partial charge in [0.25, 0.3) is 0 Å². The molecule has 0 unspecified atom stereocenters. The number of aldehydes is 1. The van der Waals surface area contributed by atoms with Gasteiger partial charge in [-0.15, -0.1) is 0 Å². The van der Waals surface area contributed by atoms with Gasteiger partial charge in [0.15, 0.2) is 6.29 Å². The van der Waals surface area contributed by atoms with Crippen LogP contribution in [-0.4, -0.2) is 24.7 Å². The van der Waals surface area contributed by atoms with Crippen molar-refractivity contribution in [3.8, 4) is 6.07 Å². The van der Waals surface area contributed by atoms with Crippen molar-refractivity contribution in [3.63, 3.8) is 0 Å². The van der Waals surface area contributed by atoms with E-state index in [1.165, 1.54) is 12.4 Å². The van der Waals surface area contributed by atoms with Crippen molar-refractivity contribution >= 4 is 28.6 Å². The van der Waals surface area contributed by atoms with Crippen LogP contribution in [-0.2, 0) is 0 Å². The number of carbonyl (C=O) groups excluding carboxylic acids is 1. The molecule has 0 spiro atoms. The number of aromatic nitrogens is 1. The second-order valence-electron chi connectivity index (χ2n) is 2.09. The van der Waals surface area contributed by atoms with Gasteiger partial charge in [0.05, 0.1) is 17.6 Å². The first-order valence-corrected chi connectivity index (χ1v) is 4.35. The van der Waals surface area contributed by atoms with Gasteiger partial charge in [0.2, 0.25) is 0 Å². The van der Waals surface area contributed by atoms with Crippen molar-refractivity contribution in [2.75, 3.05) is 7.05 Å². The van der Waals surface area contributed by atoms with Crippen LogP contribution in [0.2, 0.25) is 0 Å². The molecule has 0 radical (unpaired) electrons. The Morgan fingerprint density at radius 3 is 2.57 bits per heavy atom. The Kier molecular flexibility index (Phi) is 6.07. The second-order valence-corrected chi connectivity index (χ2v) is 2.88. The number of aliphatic imine (C=N–C) groups is 1. The first-order valence-electron chi connectivity index (χ1n) is 3.55. The number of hydrogen-bond donors (Lipinski definition) is 2. The lowest BCUT2D eigenvalue weighted by atomic mass is 10.3. The topological polar surface area (TPSA) is 95.0 Å². The van der Waals surface area contributed by atoms with Crippen molar-refractivity contribution in [2.24, 2.45) is 10.7 Å². The average Bonchev–Trinajstić information content (AvgIpc) is 2.59. The highest BCUT2D eigenvalue weighted by molar-refractivity contribution is 9.10. The molecule has 1 heterocycles. The predicted octanol–water partition coefficient (Wildman–Crippen LogP) is 1.06. The monoisotopic (exact) mass is 256 g/mol. The standard InChI is InChI=1S/C6H3BrN2O.C2H6N2/c7-6-4(2-8)1-5(3-10)9-6;1-4-2-3/h1,3,9H;2H,1H3,(H2,3,4). The Bertz CT molecular complexity index is 360. The molecule has 0 atom stereocenters. The third kappa shape index (κ3) is 3.87. The summed E-state index contributed by atoms with van der Waals surface area (Å²) in [6, 6.07) is 3.40. The third-order valence-electron chi connectivity index (χ3n) is 1.19. The second kappa shape index (κ2) is 6.86. The summed E-state index contributed by atoms with van der Waals surface area (Å²) in [5.74, 6) is 0. The van der Waals surface area contributed by atoms with E-state index in [1.54, 1.807) is 7.05 Å². The zero-order valence-electron chi connectivity index (χ0n) is 7.49. The summed E-state index contributed by atoms with van der Waals surface area (Å²) in [5, 5.41) is 8.41. The van der Waals surface area contributed by atoms with Crippen LogP contribution >= 0.6 is 15.9 Å². The van der Waals surface area contributed by atoms with E-state index in [2.05, 4.69) is 25.9 Å². The van der Waals surface area contributed by atoms with Gasteiger partial charge in [-0.2, -0.15) is 5.26 Å². The number of H-pyrrole nitrogens is 1. The van der Waals surface area contributed by atoms with E-state index >= 15 is 0 Å². The van der Waals surface area contributed by atoms with Gasteiger partial charge >= 0.3 is 0 Å². The highest BCUT2D eigenvalue weighted by atomic mass is 79.9. The molecule has 1 rings (SSSR count). The lowest BCUT2D eigenvalue weighted by Gasteiger charge is -1.77. The average molecular weight is 257 g/mol. The van der Waals surface area contributed by atoms with E-state index in [1.807, 2.05) is 6.07 Å². The Hall–Kier alpha value is -1.61. The number of nitriles is 1. The van der Waals surface area contributed by atoms with Crippen LogP contribution in [0.15, 0.2) is 15.7 Å². The molecule has 0 aromatic carbocycles. The fourth-order valence-corrected chi connectivity index (χ4v) is 1.03. The first-order chi connectivity index (χ1) is 6.69. The first kappa shape index (κ1) is 12.4. The van der Waals surface area contributed by atoms with Crippen LogP contribution < -0.4 is 5.73 Å². The maximum absolute atomic E-state index is 10.1. The zero-order valence-corrected chi connectivity index (χ0v) is 9.08. The van der Waals surface area contributed by atoms with Crippen LogP contribution in [0.25, 0.3) is 0 Å². The van der Waals surface area contributed by atoms with Crippen molar-refractivity contribution in [2.45, 2.75) is 0 Å². The molecule has 0 aliphatic heterocycles. The number of carbonyl (C=O) groups is 1. The van der Waals surface area contributed by atoms with E-state index < -0.39 is 0 Å². The summed E-state index contributed by atoms with van der Waals surface area (Å²) >= 11 is 3.08. The molecule has 0 aliphatic carbocycles. The third-order valence-corrected chi connectivity index (χ3v) is 1.81. The smallest absolute Gasteiger partial charge is 0.166 e. The fourth-order valence-electron chi connectivity index (χ4n) is 0.594. The normalized spacial score (nSPS) is 8.93. The molecule has 74 valence electrons. The molecule has 0 aliphatic rings. The number of nitrogens with one attached hydrogen (secondary N) is 1. The summed E-state index contributed by atoms with van der Waals surface area (Å²) in [5.41, 5.74) is 5.59. The molecule has 0 fully saturated rings. The number of nitrogens with two attached hydrogens (primary N) is 1. The fraction of sp³-hybridized carbons (Fsp3) is 0.125. The van der Waals surface area contributed by atoms with Crippen molar-refractivity contribution in [3.05, 3.63) is 21.9 Å². The number of aromatic amines is 1. The lowest BCUT2D eigenvalue weighted by molar-refractivity contribution is 0.111. The Morgan fingerprint density at radius 1 is 1.79 bits per heavy atom. The van der Waals surface area contributed by atoms with Gasteiger partial charge in [-0.3, -0.25) is 9.79 Å². The SMILES string of the molecule is CN=CN.N#Cc1cc(C=O)[nH]c1Br. The molecule has 1 aromatic heterocycles. The molecule has 6 heteroatoms. The van der Waals surface area contributed by atoms with Crippen LogP contribution in [0.4, 0.5) is 0 Å². The number of halogens is 1. The minimum absolute atomic E-state index is 0.406. The molecule has 1 aromatic rings. The minimum Gasteiger partial charge on any atom is -0.390 e. The number of nitrogens with zero attached hydrogens (tertiary/aromatic N) is 2. The maximum atomic E-state index is 10.1. The maximum Gasteiger partial charge on any atom is 0.166 e. The van der Waals surface area contributed by atoms with Gasteiger partial charge < -0.3 is 10.7 Å². The summed E-state index contributed by atoms with van der Waals surface area (Å²) in [4.78, 5) is 16.2. The van der Waals surface area contributed by atoms with E-state index in [0.29, 0.717) is 22.1 Å². The minimum atomic E-state index is 0.406. The van der Waals surface area contributed by atoms with Gasteiger partial charge in [0, 0.05) is 7.05 Å². The van der Waals surface area contributed by atoms with Crippen molar-refractivity contribution in [1.82, 2.24) is 4.98 Å². The van der Waals surface area contributed by atoms with E-state index in [0.717, 1.165) is 0 Å². The Morgan fingerprint density at radius 2 is 2.36 bits per heavy atom. The Labute approximate surface area is 89.8 Å². The summed E-state index contributed by atoms with van der Waals surface area (Å²) in [6.07, 6.45) is 1.91. The molecular formula is C8H9BrN4O. The van der Waals surface area contributed by atoms with E-state index in [9.17, 15) is 4.79 Å². The molecule has 5 nitrogen and oxygen atoms in total.